The summed E-state index contributed by atoms with van der Waals surface area (Å²) in [6.45, 7) is 3.78. The molecule has 0 saturated heterocycles. The van der Waals surface area contributed by atoms with Crippen LogP contribution >= 0.6 is 0 Å². The Morgan fingerprint density at radius 1 is 0.929 bits per heavy atom. The van der Waals surface area contributed by atoms with Crippen molar-refractivity contribution in [1.82, 2.24) is 9.21 Å². The van der Waals surface area contributed by atoms with Crippen molar-refractivity contribution in [3.8, 4) is 0 Å². The van der Waals surface area contributed by atoms with Crippen molar-refractivity contribution in [2.75, 3.05) is 7.11 Å². The minimum atomic E-state index is -3.88. The van der Waals surface area contributed by atoms with Crippen molar-refractivity contribution in [2.24, 2.45) is 0 Å². The second kappa shape index (κ2) is 12.1. The molecule has 4 aromatic rings. The standard InChI is InChI=1S/C32H30N2O7S/c1-22-11-15-28(16-12-22)42(37,38)33(19-24-8-5-4-6-9-24)20-27-14-13-25(41-27)18-29-30(32(36)39-3)23(2)34(31(29)35)21-26-10-7-17-40-26/h4-18H,19-21H2,1-3H3/b29-18-. The summed E-state index contributed by atoms with van der Waals surface area (Å²) in [7, 11) is -2.63. The molecule has 2 aromatic heterocycles. The zero-order valence-corrected chi connectivity index (χ0v) is 24.3. The van der Waals surface area contributed by atoms with Crippen molar-refractivity contribution in [1.29, 1.82) is 0 Å². The van der Waals surface area contributed by atoms with Crippen molar-refractivity contribution in [3.05, 3.63) is 130 Å². The van der Waals surface area contributed by atoms with Crippen LogP contribution in [0.4, 0.5) is 0 Å². The van der Waals surface area contributed by atoms with Gasteiger partial charge < -0.3 is 18.5 Å². The number of nitrogens with zero attached hydrogens (tertiary/aromatic N) is 2. The zero-order valence-electron chi connectivity index (χ0n) is 23.4. The van der Waals surface area contributed by atoms with E-state index in [0.29, 0.717) is 17.2 Å². The lowest BCUT2D eigenvalue weighted by Gasteiger charge is -2.21. The van der Waals surface area contributed by atoms with E-state index in [9.17, 15) is 18.0 Å². The predicted molar refractivity (Wildman–Crippen MR) is 155 cm³/mol. The van der Waals surface area contributed by atoms with Crippen LogP contribution in [0.1, 0.15) is 35.3 Å². The van der Waals surface area contributed by atoms with E-state index in [1.165, 1.54) is 28.7 Å². The highest BCUT2D eigenvalue weighted by Crippen LogP contribution is 2.33. The number of methoxy groups -OCH3 is 1. The highest BCUT2D eigenvalue weighted by molar-refractivity contribution is 7.89. The number of furan rings is 2. The molecule has 0 N–H and O–H groups in total. The average molecular weight is 587 g/mol. The Morgan fingerprint density at radius 3 is 2.33 bits per heavy atom. The molecule has 0 radical (unpaired) electrons. The van der Waals surface area contributed by atoms with Gasteiger partial charge in [-0.1, -0.05) is 48.0 Å². The summed E-state index contributed by atoms with van der Waals surface area (Å²) in [6, 6.07) is 22.7. The lowest BCUT2D eigenvalue weighted by Crippen LogP contribution is -2.30. The van der Waals surface area contributed by atoms with Crippen LogP contribution in [0.2, 0.25) is 0 Å². The number of hydrogen-bond acceptors (Lipinski definition) is 7. The molecule has 3 heterocycles. The van der Waals surface area contributed by atoms with Crippen molar-refractivity contribution < 1.29 is 31.6 Å². The first-order chi connectivity index (χ1) is 20.2. The molecular weight excluding hydrogens is 556 g/mol. The van der Waals surface area contributed by atoms with E-state index < -0.39 is 21.9 Å². The maximum absolute atomic E-state index is 13.7. The van der Waals surface area contributed by atoms with E-state index in [4.69, 9.17) is 13.6 Å². The minimum Gasteiger partial charge on any atom is -0.467 e. The van der Waals surface area contributed by atoms with Crippen molar-refractivity contribution >= 4 is 28.0 Å². The first kappa shape index (κ1) is 28.8. The van der Waals surface area contributed by atoms with Crippen LogP contribution in [-0.2, 0) is 44.0 Å². The molecular formula is C32H30N2O7S. The van der Waals surface area contributed by atoms with E-state index >= 15 is 0 Å². The summed E-state index contributed by atoms with van der Waals surface area (Å²) >= 11 is 0. The number of carbonyl (C=O) groups is 2. The Balaban J connectivity index is 1.45. The van der Waals surface area contributed by atoms with Gasteiger partial charge in [0.05, 0.1) is 42.5 Å². The van der Waals surface area contributed by atoms with Gasteiger partial charge in [-0.25, -0.2) is 13.2 Å². The fourth-order valence-electron chi connectivity index (χ4n) is 4.72. The molecule has 0 atom stereocenters. The van der Waals surface area contributed by atoms with Crippen molar-refractivity contribution in [3.63, 3.8) is 0 Å². The van der Waals surface area contributed by atoms with Gasteiger partial charge in [0.1, 0.15) is 17.3 Å². The highest BCUT2D eigenvalue weighted by Gasteiger charge is 2.37. The van der Waals surface area contributed by atoms with Crippen molar-refractivity contribution in [2.45, 2.75) is 38.4 Å². The van der Waals surface area contributed by atoms with Gasteiger partial charge in [-0.3, -0.25) is 4.79 Å². The maximum Gasteiger partial charge on any atom is 0.340 e. The minimum absolute atomic E-state index is 0.0500. The number of ether oxygens (including phenoxy) is 1. The molecule has 216 valence electrons. The van der Waals surface area contributed by atoms with Gasteiger partial charge in [-0.15, -0.1) is 0 Å². The number of hydrogen-bond donors (Lipinski definition) is 0. The van der Waals surface area contributed by atoms with Crippen LogP contribution < -0.4 is 0 Å². The Kier molecular flexibility index (Phi) is 8.28. The third-order valence-corrected chi connectivity index (χ3v) is 8.76. The number of sulfonamides is 1. The lowest BCUT2D eigenvalue weighted by molar-refractivity contribution is -0.136. The average Bonchev–Trinajstić information content (AvgIpc) is 3.71. The Hall–Kier alpha value is -4.67. The number of benzene rings is 2. The predicted octanol–water partition coefficient (Wildman–Crippen LogP) is 5.44. The summed E-state index contributed by atoms with van der Waals surface area (Å²) in [5.74, 6) is 0.150. The van der Waals surface area contributed by atoms with Gasteiger partial charge >= 0.3 is 5.97 Å². The molecule has 0 saturated carbocycles. The molecule has 1 aliphatic heterocycles. The lowest BCUT2D eigenvalue weighted by atomic mass is 10.1. The Morgan fingerprint density at radius 2 is 1.67 bits per heavy atom. The highest BCUT2D eigenvalue weighted by atomic mass is 32.2. The number of amides is 1. The van der Waals surface area contributed by atoms with Crippen LogP contribution in [0.5, 0.6) is 0 Å². The molecule has 1 aliphatic rings. The normalized spacial score (nSPS) is 14.8. The molecule has 10 heteroatoms. The zero-order chi connectivity index (χ0) is 29.9. The number of esters is 1. The molecule has 0 spiro atoms. The molecule has 0 bridgehead atoms. The molecule has 42 heavy (non-hydrogen) atoms. The number of carbonyl (C=O) groups excluding carboxylic acids is 2. The quantitative estimate of drug-likeness (QED) is 0.180. The maximum atomic E-state index is 13.7. The van der Waals surface area contributed by atoms with Gasteiger partial charge in [0.15, 0.2) is 0 Å². The van der Waals surface area contributed by atoms with E-state index in [1.54, 1.807) is 55.5 Å². The Bertz CT molecular complexity index is 1750. The van der Waals surface area contributed by atoms with Crippen LogP contribution in [0.3, 0.4) is 0 Å². The largest absolute Gasteiger partial charge is 0.467 e. The van der Waals surface area contributed by atoms with Gasteiger partial charge in [0, 0.05) is 12.2 Å². The second-order valence-electron chi connectivity index (χ2n) is 9.86. The monoisotopic (exact) mass is 586 g/mol. The summed E-state index contributed by atoms with van der Waals surface area (Å²) < 4.78 is 45.1. The van der Waals surface area contributed by atoms with Crippen LogP contribution in [0.25, 0.3) is 6.08 Å². The summed E-state index contributed by atoms with van der Waals surface area (Å²) in [5, 5.41) is 0. The van der Waals surface area contributed by atoms with Gasteiger partial charge in [0.2, 0.25) is 10.0 Å². The first-order valence-electron chi connectivity index (χ1n) is 13.2. The first-order valence-corrected chi connectivity index (χ1v) is 14.7. The molecule has 2 aromatic carbocycles. The molecule has 0 unspecified atom stereocenters. The van der Waals surface area contributed by atoms with E-state index in [1.807, 2.05) is 37.3 Å². The fraction of sp³-hybridized carbons (Fsp3) is 0.188. The van der Waals surface area contributed by atoms with Gasteiger partial charge in [-0.2, -0.15) is 4.31 Å². The molecule has 0 aliphatic carbocycles. The topological polar surface area (TPSA) is 110 Å². The molecule has 5 rings (SSSR count). The summed E-state index contributed by atoms with van der Waals surface area (Å²) in [5.41, 5.74) is 2.44. The van der Waals surface area contributed by atoms with E-state index in [0.717, 1.165) is 11.1 Å². The number of allylic oxidation sites excluding steroid dienone is 1. The SMILES string of the molecule is COC(=O)C1=C(C)N(Cc2ccco2)C(=O)/C1=C\c1ccc(CN(Cc2ccccc2)S(=O)(=O)c2ccc(C)cc2)o1. The number of rotatable bonds is 10. The molecule has 9 nitrogen and oxygen atoms in total. The van der Waals surface area contributed by atoms with E-state index in [2.05, 4.69) is 0 Å². The smallest absolute Gasteiger partial charge is 0.340 e. The van der Waals surface area contributed by atoms with Gasteiger partial charge in [0.25, 0.3) is 5.91 Å². The fourth-order valence-corrected chi connectivity index (χ4v) is 6.12. The summed E-state index contributed by atoms with van der Waals surface area (Å²) in [6.07, 6.45) is 2.98. The second-order valence-corrected chi connectivity index (χ2v) is 11.8. The number of aryl methyl sites for hydroxylation is 1. The Labute approximate surface area is 244 Å². The van der Waals surface area contributed by atoms with Crippen LogP contribution in [0, 0.1) is 6.92 Å². The van der Waals surface area contributed by atoms with E-state index in [-0.39, 0.29) is 41.4 Å². The molecule has 0 fully saturated rings. The molecule has 1 amide bonds. The summed E-state index contributed by atoms with van der Waals surface area (Å²) in [4.78, 5) is 27.7. The van der Waals surface area contributed by atoms with Gasteiger partial charge in [-0.05, 0) is 61.9 Å². The third-order valence-electron chi connectivity index (χ3n) is 6.96. The van der Waals surface area contributed by atoms with Crippen LogP contribution in [-0.4, -0.2) is 36.6 Å². The third kappa shape index (κ3) is 6.00. The van der Waals surface area contributed by atoms with Crippen LogP contribution in [0.15, 0.2) is 116 Å².